The highest BCUT2D eigenvalue weighted by Gasteiger charge is 2.43. The van der Waals surface area contributed by atoms with Crippen LogP contribution in [0.5, 0.6) is 0 Å². The van der Waals surface area contributed by atoms with E-state index in [2.05, 4.69) is 80.9 Å². The van der Waals surface area contributed by atoms with Crippen LogP contribution in [0.25, 0.3) is 0 Å². The van der Waals surface area contributed by atoms with Crippen molar-refractivity contribution in [3.05, 3.63) is 35.8 Å². The third kappa shape index (κ3) is 6.45. The summed E-state index contributed by atoms with van der Waals surface area (Å²) in [4.78, 5) is 12.8. The maximum absolute atomic E-state index is 12.8. The monoisotopic (exact) mass is 436 g/mol. The van der Waals surface area contributed by atoms with Gasteiger partial charge >= 0.3 is 0 Å². The average molecular weight is 437 g/mol. The number of carbonyl (C=O) groups is 1. The zero-order chi connectivity index (χ0) is 23.0. The number of hydrogen-bond acceptors (Lipinski definition) is 3. The topological polar surface area (TPSA) is 35.5 Å². The lowest BCUT2D eigenvalue weighted by Crippen LogP contribution is -2.42. The smallest absolute Gasteiger partial charge is 0.250 e. The van der Waals surface area contributed by atoms with E-state index in [1.54, 1.807) is 0 Å². The van der Waals surface area contributed by atoms with E-state index in [0.717, 1.165) is 16.9 Å². The summed E-state index contributed by atoms with van der Waals surface area (Å²) in [5.41, 5.74) is 1.90. The highest BCUT2D eigenvalue weighted by atomic mass is 28.4. The predicted molar refractivity (Wildman–Crippen MR) is 130 cm³/mol. The summed E-state index contributed by atoms with van der Waals surface area (Å²) in [6.07, 6.45) is 1.54. The van der Waals surface area contributed by atoms with Gasteiger partial charge in [-0.3, -0.25) is 4.79 Å². The van der Waals surface area contributed by atoms with Crippen LogP contribution in [-0.4, -0.2) is 22.4 Å². The predicted octanol–water partition coefficient (Wildman–Crippen LogP) is 7.74. The minimum atomic E-state index is -2.07. The van der Waals surface area contributed by atoms with Gasteiger partial charge in [0.15, 0.2) is 0 Å². The Morgan fingerprint density at radius 1 is 0.931 bits per heavy atom. The first-order chi connectivity index (χ1) is 12.8. The van der Waals surface area contributed by atoms with Crippen molar-refractivity contribution in [3.8, 4) is 0 Å². The second-order valence-electron chi connectivity index (χ2n) is 11.7. The van der Waals surface area contributed by atoms with Crippen LogP contribution in [0, 0.1) is 5.92 Å². The molecule has 0 unspecified atom stereocenters. The fraction of sp³-hybridized carbons (Fsp3) is 0.708. The van der Waals surface area contributed by atoms with Gasteiger partial charge in [0.2, 0.25) is 16.6 Å². The standard InChI is InChI=1S/C24H44O3Si2/c1-17(2)19-14-20(25)16-21(18(3)26-28(10,11)23(4,5)6)22(15-19)27-29(12,13)24(7,8)9/h19H,1,3,14-16H2,2,4-13H3/t19-/m1/s1. The lowest BCUT2D eigenvalue weighted by atomic mass is 9.93. The first-order valence-corrected chi connectivity index (χ1v) is 16.6. The molecule has 0 amide bonds. The molecule has 0 aromatic rings. The van der Waals surface area contributed by atoms with Crippen LogP contribution in [0.3, 0.4) is 0 Å². The summed E-state index contributed by atoms with van der Waals surface area (Å²) in [6, 6.07) is 0. The van der Waals surface area contributed by atoms with E-state index in [1.807, 2.05) is 6.92 Å². The first kappa shape index (κ1) is 26.0. The SMILES string of the molecule is C=C(O[Si](C)(C)C(C)(C)C)C1=C(O[Si](C)(C)C(C)(C)C)C[C@H](C(=C)C)CC(=O)C1. The molecule has 0 N–H and O–H groups in total. The largest absolute Gasteiger partial charge is 0.546 e. The Kier molecular flexibility index (Phi) is 7.68. The molecule has 0 spiro atoms. The minimum absolute atomic E-state index is 0.0614. The molecule has 0 bridgehead atoms. The van der Waals surface area contributed by atoms with Gasteiger partial charge in [0.05, 0.1) is 5.76 Å². The van der Waals surface area contributed by atoms with Crippen LogP contribution < -0.4 is 0 Å². The number of allylic oxidation sites excluding steroid dienone is 3. The molecule has 1 aliphatic carbocycles. The van der Waals surface area contributed by atoms with Crippen molar-refractivity contribution in [2.45, 2.75) is 104 Å². The summed E-state index contributed by atoms with van der Waals surface area (Å²) in [7, 11) is -4.13. The summed E-state index contributed by atoms with van der Waals surface area (Å²) in [5.74, 6) is 1.85. The summed E-state index contributed by atoms with van der Waals surface area (Å²) in [6.45, 7) is 32.7. The quantitative estimate of drug-likeness (QED) is 0.242. The Labute approximate surface area is 181 Å². The number of carbonyl (C=O) groups excluding carboxylic acids is 1. The molecule has 0 radical (unpaired) electrons. The second-order valence-corrected chi connectivity index (χ2v) is 21.2. The summed E-state index contributed by atoms with van der Waals surface area (Å²) >= 11 is 0. The van der Waals surface area contributed by atoms with Crippen LogP contribution in [0.15, 0.2) is 35.8 Å². The molecule has 0 aromatic heterocycles. The van der Waals surface area contributed by atoms with Crippen LogP contribution >= 0.6 is 0 Å². The molecule has 29 heavy (non-hydrogen) atoms. The number of rotatable bonds is 6. The Bertz CT molecular complexity index is 701. The van der Waals surface area contributed by atoms with E-state index < -0.39 is 16.6 Å². The molecule has 0 aromatic carbocycles. The van der Waals surface area contributed by atoms with Gasteiger partial charge in [0.25, 0.3) is 0 Å². The van der Waals surface area contributed by atoms with Crippen LogP contribution in [0.4, 0.5) is 0 Å². The van der Waals surface area contributed by atoms with Crippen molar-refractivity contribution in [1.82, 2.24) is 0 Å². The van der Waals surface area contributed by atoms with Gasteiger partial charge in [0, 0.05) is 24.8 Å². The third-order valence-corrected chi connectivity index (χ3v) is 15.8. The Balaban J connectivity index is 3.45. The normalized spacial score (nSPS) is 19.7. The van der Waals surface area contributed by atoms with Crippen molar-refractivity contribution in [3.63, 3.8) is 0 Å². The van der Waals surface area contributed by atoms with Crippen LogP contribution in [0.1, 0.15) is 67.7 Å². The fourth-order valence-electron chi connectivity index (χ4n) is 2.75. The van der Waals surface area contributed by atoms with Crippen molar-refractivity contribution in [2.75, 3.05) is 0 Å². The minimum Gasteiger partial charge on any atom is -0.546 e. The van der Waals surface area contributed by atoms with E-state index in [4.69, 9.17) is 8.85 Å². The van der Waals surface area contributed by atoms with E-state index in [0.29, 0.717) is 25.0 Å². The maximum atomic E-state index is 12.8. The van der Waals surface area contributed by atoms with E-state index in [-0.39, 0.29) is 21.8 Å². The molecule has 0 fully saturated rings. The van der Waals surface area contributed by atoms with Gasteiger partial charge < -0.3 is 8.85 Å². The van der Waals surface area contributed by atoms with E-state index >= 15 is 0 Å². The van der Waals surface area contributed by atoms with Crippen molar-refractivity contribution in [1.29, 1.82) is 0 Å². The average Bonchev–Trinajstić information content (AvgIpc) is 2.63. The van der Waals surface area contributed by atoms with Crippen LogP contribution in [-0.2, 0) is 13.6 Å². The molecule has 1 aliphatic rings. The molecule has 0 saturated heterocycles. The zero-order valence-electron chi connectivity index (χ0n) is 20.8. The Morgan fingerprint density at radius 3 is 1.83 bits per heavy atom. The lowest BCUT2D eigenvalue weighted by Gasteiger charge is -2.40. The van der Waals surface area contributed by atoms with Crippen molar-refractivity contribution in [2.24, 2.45) is 5.92 Å². The highest BCUT2D eigenvalue weighted by molar-refractivity contribution is 6.74. The summed E-state index contributed by atoms with van der Waals surface area (Å²) in [5, 5.41) is 0.133. The number of ketones is 1. The van der Waals surface area contributed by atoms with E-state index in [1.165, 1.54) is 0 Å². The summed E-state index contributed by atoms with van der Waals surface area (Å²) < 4.78 is 13.3. The zero-order valence-corrected chi connectivity index (χ0v) is 22.8. The van der Waals surface area contributed by atoms with Gasteiger partial charge in [-0.15, -0.1) is 0 Å². The van der Waals surface area contributed by atoms with Gasteiger partial charge in [0.1, 0.15) is 11.5 Å². The number of Topliss-reactive ketones (excluding diaryl/α,β-unsaturated/α-hetero) is 1. The van der Waals surface area contributed by atoms with Gasteiger partial charge in [-0.2, -0.15) is 0 Å². The molecular formula is C24H44O3Si2. The van der Waals surface area contributed by atoms with E-state index in [9.17, 15) is 4.79 Å². The third-order valence-electron chi connectivity index (χ3n) is 7.02. The Hall–Kier alpha value is -1.08. The number of hydrogen-bond donors (Lipinski definition) is 0. The molecule has 0 heterocycles. The second kappa shape index (κ2) is 8.58. The molecule has 0 saturated carbocycles. The van der Waals surface area contributed by atoms with Crippen LogP contribution in [0.2, 0.25) is 36.3 Å². The maximum Gasteiger partial charge on any atom is 0.250 e. The molecule has 5 heteroatoms. The molecule has 1 rings (SSSR count). The fourth-order valence-corrected chi connectivity index (χ4v) is 4.93. The van der Waals surface area contributed by atoms with Gasteiger partial charge in [-0.25, -0.2) is 0 Å². The van der Waals surface area contributed by atoms with Crippen molar-refractivity contribution < 1.29 is 13.6 Å². The molecule has 3 nitrogen and oxygen atoms in total. The molecule has 1 atom stereocenters. The lowest BCUT2D eigenvalue weighted by molar-refractivity contribution is -0.118. The molecular weight excluding hydrogens is 392 g/mol. The first-order valence-electron chi connectivity index (χ1n) is 10.7. The Morgan fingerprint density at radius 2 is 1.41 bits per heavy atom. The van der Waals surface area contributed by atoms with Gasteiger partial charge in [-0.1, -0.05) is 60.3 Å². The highest BCUT2D eigenvalue weighted by Crippen LogP contribution is 2.44. The molecule has 0 aliphatic heterocycles. The van der Waals surface area contributed by atoms with Crippen molar-refractivity contribution >= 4 is 22.4 Å². The molecule has 166 valence electrons. The van der Waals surface area contributed by atoms with Gasteiger partial charge in [-0.05, 0) is 49.1 Å².